The van der Waals surface area contributed by atoms with Gasteiger partial charge in [-0.2, -0.15) is 0 Å². The lowest BCUT2D eigenvalue weighted by molar-refractivity contribution is -0.142. The van der Waals surface area contributed by atoms with E-state index >= 15 is 0 Å². The molecule has 0 saturated carbocycles. The summed E-state index contributed by atoms with van der Waals surface area (Å²) in [7, 11) is 2.11. The van der Waals surface area contributed by atoms with Crippen LogP contribution in [0, 0.1) is 0 Å². The standard InChI is InChI=1S/C13H26N2O3/c1-10-11(6-9-18-10)15(3)8-5-4-7-13(2,14)12(16)17/h10-11H,4-9,14H2,1-3H3,(H,16,17). The molecule has 5 nitrogen and oxygen atoms in total. The number of carboxylic acids is 1. The van der Waals surface area contributed by atoms with Crippen LogP contribution in [-0.2, 0) is 9.53 Å². The Morgan fingerprint density at radius 1 is 1.56 bits per heavy atom. The zero-order valence-electron chi connectivity index (χ0n) is 11.7. The molecule has 3 atom stereocenters. The Balaban J connectivity index is 2.20. The maximum atomic E-state index is 10.8. The number of nitrogens with zero attached hydrogens (tertiary/aromatic N) is 1. The molecule has 18 heavy (non-hydrogen) atoms. The van der Waals surface area contributed by atoms with Crippen molar-refractivity contribution in [3.8, 4) is 0 Å². The maximum absolute atomic E-state index is 10.8. The van der Waals surface area contributed by atoms with E-state index in [2.05, 4.69) is 18.9 Å². The van der Waals surface area contributed by atoms with Gasteiger partial charge in [-0.15, -0.1) is 0 Å². The van der Waals surface area contributed by atoms with Gasteiger partial charge in [-0.05, 0) is 53.1 Å². The lowest BCUT2D eigenvalue weighted by Gasteiger charge is -2.27. The van der Waals surface area contributed by atoms with Crippen molar-refractivity contribution in [1.29, 1.82) is 0 Å². The minimum atomic E-state index is -1.09. The third-order valence-corrected chi connectivity index (χ3v) is 3.85. The molecule has 1 rings (SSSR count). The topological polar surface area (TPSA) is 75.8 Å². The van der Waals surface area contributed by atoms with E-state index in [4.69, 9.17) is 15.6 Å². The first-order chi connectivity index (χ1) is 8.34. The molecule has 0 aromatic rings. The van der Waals surface area contributed by atoms with Crippen molar-refractivity contribution < 1.29 is 14.6 Å². The lowest BCUT2D eigenvalue weighted by Crippen LogP contribution is -2.44. The number of ether oxygens (including phenoxy) is 1. The molecule has 3 unspecified atom stereocenters. The molecule has 1 fully saturated rings. The quantitative estimate of drug-likeness (QED) is 0.668. The monoisotopic (exact) mass is 258 g/mol. The molecular weight excluding hydrogens is 232 g/mol. The van der Waals surface area contributed by atoms with Crippen molar-refractivity contribution in [2.75, 3.05) is 20.2 Å². The first-order valence-corrected chi connectivity index (χ1v) is 6.68. The summed E-state index contributed by atoms with van der Waals surface area (Å²) in [6, 6.07) is 0.494. The highest BCUT2D eigenvalue weighted by Crippen LogP contribution is 2.19. The number of rotatable bonds is 7. The summed E-state index contributed by atoms with van der Waals surface area (Å²) >= 11 is 0. The predicted molar refractivity (Wildman–Crippen MR) is 70.5 cm³/mol. The molecule has 106 valence electrons. The highest BCUT2D eigenvalue weighted by atomic mass is 16.5. The van der Waals surface area contributed by atoms with Gasteiger partial charge < -0.3 is 20.5 Å². The molecule has 5 heteroatoms. The number of nitrogens with two attached hydrogens (primary N) is 1. The van der Waals surface area contributed by atoms with Crippen LogP contribution in [0.5, 0.6) is 0 Å². The van der Waals surface area contributed by atoms with E-state index in [0.29, 0.717) is 18.6 Å². The molecule has 0 aromatic heterocycles. The van der Waals surface area contributed by atoms with E-state index in [9.17, 15) is 4.79 Å². The van der Waals surface area contributed by atoms with Gasteiger partial charge in [-0.3, -0.25) is 4.79 Å². The summed E-state index contributed by atoms with van der Waals surface area (Å²) in [4.78, 5) is 13.2. The van der Waals surface area contributed by atoms with Crippen LogP contribution in [-0.4, -0.2) is 53.9 Å². The van der Waals surface area contributed by atoms with Gasteiger partial charge >= 0.3 is 5.97 Å². The fraction of sp³-hybridized carbons (Fsp3) is 0.923. The van der Waals surface area contributed by atoms with Gasteiger partial charge in [0, 0.05) is 12.6 Å². The highest BCUT2D eigenvalue weighted by Gasteiger charge is 2.29. The van der Waals surface area contributed by atoms with Gasteiger partial charge in [0.05, 0.1) is 6.10 Å². The third-order valence-electron chi connectivity index (χ3n) is 3.85. The number of hydrogen-bond acceptors (Lipinski definition) is 4. The number of hydrogen-bond donors (Lipinski definition) is 2. The SMILES string of the molecule is CC1OCCC1N(C)CCCCC(C)(N)C(=O)O. The Bertz CT molecular complexity index is 281. The maximum Gasteiger partial charge on any atom is 0.323 e. The fourth-order valence-electron chi connectivity index (χ4n) is 2.43. The minimum Gasteiger partial charge on any atom is -0.480 e. The molecule has 0 spiro atoms. The van der Waals surface area contributed by atoms with Crippen molar-refractivity contribution >= 4 is 5.97 Å². The van der Waals surface area contributed by atoms with Gasteiger partial charge in [0.15, 0.2) is 0 Å². The molecule has 0 aliphatic carbocycles. The molecule has 1 aliphatic rings. The van der Waals surface area contributed by atoms with E-state index in [1.165, 1.54) is 0 Å². The smallest absolute Gasteiger partial charge is 0.323 e. The van der Waals surface area contributed by atoms with Gasteiger partial charge in [-0.25, -0.2) is 0 Å². The van der Waals surface area contributed by atoms with Crippen molar-refractivity contribution in [2.45, 2.75) is 57.2 Å². The van der Waals surface area contributed by atoms with Crippen molar-refractivity contribution in [1.82, 2.24) is 4.90 Å². The second-order valence-corrected chi connectivity index (χ2v) is 5.59. The number of carbonyl (C=O) groups is 1. The molecule has 1 aliphatic heterocycles. The van der Waals surface area contributed by atoms with E-state index in [1.54, 1.807) is 6.92 Å². The Morgan fingerprint density at radius 3 is 2.72 bits per heavy atom. The van der Waals surface area contributed by atoms with Crippen molar-refractivity contribution in [3.05, 3.63) is 0 Å². The van der Waals surface area contributed by atoms with Gasteiger partial charge in [0.2, 0.25) is 0 Å². The summed E-state index contributed by atoms with van der Waals surface area (Å²) < 4.78 is 5.54. The van der Waals surface area contributed by atoms with Crippen LogP contribution in [0.25, 0.3) is 0 Å². The summed E-state index contributed by atoms with van der Waals surface area (Å²) in [5, 5.41) is 8.91. The largest absolute Gasteiger partial charge is 0.480 e. The van der Waals surface area contributed by atoms with E-state index in [0.717, 1.165) is 32.4 Å². The predicted octanol–water partition coefficient (Wildman–Crippen LogP) is 1.07. The summed E-state index contributed by atoms with van der Waals surface area (Å²) in [6.07, 6.45) is 3.72. The molecule has 0 bridgehead atoms. The second kappa shape index (κ2) is 6.50. The van der Waals surface area contributed by atoms with Gasteiger partial charge in [-0.1, -0.05) is 0 Å². The second-order valence-electron chi connectivity index (χ2n) is 5.59. The highest BCUT2D eigenvalue weighted by molar-refractivity contribution is 5.77. The van der Waals surface area contributed by atoms with Crippen LogP contribution in [0.1, 0.15) is 39.5 Å². The van der Waals surface area contributed by atoms with Crippen LogP contribution < -0.4 is 5.73 Å². The molecular formula is C13H26N2O3. The van der Waals surface area contributed by atoms with Crippen molar-refractivity contribution in [2.24, 2.45) is 5.73 Å². The van der Waals surface area contributed by atoms with Crippen LogP contribution >= 0.6 is 0 Å². The average molecular weight is 258 g/mol. The molecule has 0 amide bonds. The van der Waals surface area contributed by atoms with E-state index in [-0.39, 0.29) is 0 Å². The Hall–Kier alpha value is -0.650. The summed E-state index contributed by atoms with van der Waals surface area (Å²) in [5.74, 6) is -0.923. The number of unbranched alkanes of at least 4 members (excludes halogenated alkanes) is 1. The summed E-state index contributed by atoms with van der Waals surface area (Å²) in [6.45, 7) is 5.49. The number of aliphatic carboxylic acids is 1. The zero-order valence-corrected chi connectivity index (χ0v) is 11.7. The van der Waals surface area contributed by atoms with Gasteiger partial charge in [0.1, 0.15) is 5.54 Å². The lowest BCUT2D eigenvalue weighted by atomic mass is 9.96. The van der Waals surface area contributed by atoms with E-state index < -0.39 is 11.5 Å². The first kappa shape index (κ1) is 15.4. The first-order valence-electron chi connectivity index (χ1n) is 6.68. The van der Waals surface area contributed by atoms with Crippen LogP contribution in [0.4, 0.5) is 0 Å². The minimum absolute atomic E-state index is 0.300. The molecule has 0 radical (unpaired) electrons. The Kier molecular flexibility index (Phi) is 5.56. The average Bonchev–Trinajstić information content (AvgIpc) is 2.70. The molecule has 1 heterocycles. The number of carboxylic acid groups (broad SMARTS) is 1. The molecule has 0 aromatic carbocycles. The summed E-state index contributed by atoms with van der Waals surface area (Å²) in [5.41, 5.74) is 4.59. The van der Waals surface area contributed by atoms with Crippen LogP contribution in [0.15, 0.2) is 0 Å². The Morgan fingerprint density at radius 2 is 2.22 bits per heavy atom. The normalized spacial score (nSPS) is 27.4. The van der Waals surface area contributed by atoms with Crippen molar-refractivity contribution in [3.63, 3.8) is 0 Å². The number of likely N-dealkylation sites (N-methyl/N-ethyl adjacent to an activating group) is 1. The van der Waals surface area contributed by atoms with E-state index in [1.807, 2.05) is 0 Å². The zero-order chi connectivity index (χ0) is 13.8. The molecule has 3 N–H and O–H groups in total. The van der Waals surface area contributed by atoms with Gasteiger partial charge in [0.25, 0.3) is 0 Å². The van der Waals surface area contributed by atoms with Crippen LogP contribution in [0.3, 0.4) is 0 Å². The Labute approximate surface area is 109 Å². The molecule has 1 saturated heterocycles. The third kappa shape index (κ3) is 4.23. The van der Waals surface area contributed by atoms with Crippen LogP contribution in [0.2, 0.25) is 0 Å². The fourth-order valence-corrected chi connectivity index (χ4v) is 2.43.